The number of hydrogen-bond acceptors (Lipinski definition) is 5. The summed E-state index contributed by atoms with van der Waals surface area (Å²) in [5, 5.41) is 2.97. The minimum Gasteiger partial charge on any atom is -0.490 e. The van der Waals surface area contributed by atoms with E-state index in [4.69, 9.17) is 19.9 Å². The fourth-order valence-corrected chi connectivity index (χ4v) is 1.90. The van der Waals surface area contributed by atoms with Crippen molar-refractivity contribution in [1.82, 2.24) is 5.32 Å². The Morgan fingerprint density at radius 1 is 1.44 bits per heavy atom. The molecule has 0 spiro atoms. The lowest BCUT2D eigenvalue weighted by molar-refractivity contribution is 0.162. The molecule has 1 heterocycles. The van der Waals surface area contributed by atoms with E-state index in [0.29, 0.717) is 48.5 Å². The Morgan fingerprint density at radius 2 is 2.11 bits per heavy atom. The van der Waals surface area contributed by atoms with Crippen LogP contribution in [-0.2, 0) is 0 Å². The maximum Gasteiger partial charge on any atom is 0.204 e. The number of ether oxygens (including phenoxy) is 3. The van der Waals surface area contributed by atoms with Crippen LogP contribution in [0.5, 0.6) is 17.2 Å². The highest BCUT2D eigenvalue weighted by Gasteiger charge is 2.24. The van der Waals surface area contributed by atoms with Crippen molar-refractivity contribution in [1.29, 1.82) is 0 Å². The summed E-state index contributed by atoms with van der Waals surface area (Å²) >= 11 is 0. The van der Waals surface area contributed by atoms with Crippen LogP contribution in [-0.4, -0.2) is 26.9 Å². The number of fused-ring (bicyclic) bond motifs is 1. The zero-order valence-electron chi connectivity index (χ0n) is 10.7. The van der Waals surface area contributed by atoms with Crippen LogP contribution in [0.15, 0.2) is 12.6 Å². The Kier molecular flexibility index (Phi) is 3.50. The first-order valence-corrected chi connectivity index (χ1v) is 5.91. The molecule has 5 nitrogen and oxygen atoms in total. The van der Waals surface area contributed by atoms with Gasteiger partial charge in [0.1, 0.15) is 13.2 Å². The van der Waals surface area contributed by atoms with Gasteiger partial charge in [-0.2, -0.15) is 0 Å². The number of benzene rings is 1. The Balaban J connectivity index is 2.58. The zero-order valence-corrected chi connectivity index (χ0v) is 10.7. The summed E-state index contributed by atoms with van der Waals surface area (Å²) in [4.78, 5) is 0. The van der Waals surface area contributed by atoms with Gasteiger partial charge in [0.05, 0.1) is 12.2 Å². The molecule has 1 aromatic rings. The van der Waals surface area contributed by atoms with Crippen molar-refractivity contribution in [3.05, 3.63) is 18.2 Å². The summed E-state index contributed by atoms with van der Waals surface area (Å²) in [5.41, 5.74) is 8.02. The number of nitrogens with two attached hydrogens (primary N) is 1. The number of hydrogen-bond donors (Lipinski definition) is 2. The van der Waals surface area contributed by atoms with Crippen molar-refractivity contribution in [3.63, 3.8) is 0 Å². The number of nitrogen functional groups attached to an aromatic ring is 1. The molecule has 0 aliphatic carbocycles. The van der Waals surface area contributed by atoms with Crippen molar-refractivity contribution in [3.8, 4) is 17.2 Å². The van der Waals surface area contributed by atoms with E-state index in [9.17, 15) is 0 Å². The van der Waals surface area contributed by atoms with Gasteiger partial charge in [0, 0.05) is 24.5 Å². The number of nitrogens with one attached hydrogen (secondary N) is 1. The standard InChI is InChI=1S/C13H18N2O3/c1-4-16-10-7-9(14)11(8(2)15-3)13-12(10)17-5-6-18-13/h7,15H,2,4-6,14H2,1,3H3. The van der Waals surface area contributed by atoms with Gasteiger partial charge in [-0.05, 0) is 6.92 Å². The third-order valence-corrected chi connectivity index (χ3v) is 2.71. The van der Waals surface area contributed by atoms with Gasteiger partial charge >= 0.3 is 0 Å². The van der Waals surface area contributed by atoms with Crippen molar-refractivity contribution in [2.75, 3.05) is 32.6 Å². The molecule has 3 N–H and O–H groups in total. The fraction of sp³-hybridized carbons (Fsp3) is 0.385. The molecule has 0 unspecified atom stereocenters. The molecule has 0 fully saturated rings. The summed E-state index contributed by atoms with van der Waals surface area (Å²) in [6.07, 6.45) is 0. The molecule has 98 valence electrons. The van der Waals surface area contributed by atoms with Crippen molar-refractivity contribution < 1.29 is 14.2 Å². The zero-order chi connectivity index (χ0) is 13.1. The van der Waals surface area contributed by atoms with Crippen LogP contribution < -0.4 is 25.3 Å². The first-order valence-electron chi connectivity index (χ1n) is 5.91. The minimum atomic E-state index is 0.492. The van der Waals surface area contributed by atoms with E-state index in [1.165, 1.54) is 0 Å². The van der Waals surface area contributed by atoms with E-state index in [0.717, 1.165) is 5.56 Å². The second kappa shape index (κ2) is 5.08. The maximum atomic E-state index is 6.04. The van der Waals surface area contributed by atoms with Crippen LogP contribution >= 0.6 is 0 Å². The van der Waals surface area contributed by atoms with Crippen LogP contribution in [0.4, 0.5) is 5.69 Å². The van der Waals surface area contributed by atoms with Crippen LogP contribution in [0.3, 0.4) is 0 Å². The SMILES string of the molecule is C=C(NC)c1c(N)cc(OCC)c2c1OCCO2. The second-order valence-electron chi connectivity index (χ2n) is 3.86. The minimum absolute atomic E-state index is 0.492. The average Bonchev–Trinajstić information content (AvgIpc) is 2.38. The molecular formula is C13H18N2O3. The number of anilines is 1. The van der Waals surface area contributed by atoms with E-state index >= 15 is 0 Å². The summed E-state index contributed by atoms with van der Waals surface area (Å²) in [6.45, 7) is 7.37. The van der Waals surface area contributed by atoms with Crippen LogP contribution in [0.1, 0.15) is 12.5 Å². The molecule has 1 aromatic carbocycles. The monoisotopic (exact) mass is 250 g/mol. The molecule has 1 aliphatic rings. The van der Waals surface area contributed by atoms with Crippen LogP contribution in [0.2, 0.25) is 0 Å². The Labute approximate surface area is 107 Å². The highest BCUT2D eigenvalue weighted by molar-refractivity contribution is 5.82. The third kappa shape index (κ3) is 2.03. The topological polar surface area (TPSA) is 65.7 Å². The van der Waals surface area contributed by atoms with E-state index < -0.39 is 0 Å². The van der Waals surface area contributed by atoms with Crippen LogP contribution in [0.25, 0.3) is 5.70 Å². The lowest BCUT2D eigenvalue weighted by Crippen LogP contribution is -2.19. The lowest BCUT2D eigenvalue weighted by Gasteiger charge is -2.25. The van der Waals surface area contributed by atoms with Gasteiger partial charge in [0.25, 0.3) is 0 Å². The van der Waals surface area contributed by atoms with Gasteiger partial charge in [-0.15, -0.1) is 0 Å². The first-order chi connectivity index (χ1) is 8.69. The largest absolute Gasteiger partial charge is 0.490 e. The summed E-state index contributed by atoms with van der Waals surface area (Å²) in [5.74, 6) is 1.81. The molecule has 0 bridgehead atoms. The van der Waals surface area contributed by atoms with Gasteiger partial charge in [-0.25, -0.2) is 0 Å². The van der Waals surface area contributed by atoms with Gasteiger partial charge in [0.15, 0.2) is 11.5 Å². The van der Waals surface area contributed by atoms with E-state index in [1.54, 1.807) is 13.1 Å². The van der Waals surface area contributed by atoms with Gasteiger partial charge in [0.2, 0.25) is 5.75 Å². The maximum absolute atomic E-state index is 6.04. The molecule has 0 saturated heterocycles. The highest BCUT2D eigenvalue weighted by atomic mass is 16.6. The molecule has 0 aromatic heterocycles. The summed E-state index contributed by atoms with van der Waals surface area (Å²) < 4.78 is 16.8. The number of rotatable bonds is 4. The van der Waals surface area contributed by atoms with E-state index in [-0.39, 0.29) is 0 Å². The normalized spacial score (nSPS) is 13.0. The van der Waals surface area contributed by atoms with E-state index in [1.807, 2.05) is 6.92 Å². The predicted molar refractivity (Wildman–Crippen MR) is 71.1 cm³/mol. The molecule has 1 aliphatic heterocycles. The third-order valence-electron chi connectivity index (χ3n) is 2.71. The first kappa shape index (κ1) is 12.4. The van der Waals surface area contributed by atoms with E-state index in [2.05, 4.69) is 11.9 Å². The lowest BCUT2D eigenvalue weighted by atomic mass is 10.1. The molecule has 0 amide bonds. The molecule has 0 saturated carbocycles. The van der Waals surface area contributed by atoms with Crippen molar-refractivity contribution in [2.45, 2.75) is 6.92 Å². The van der Waals surface area contributed by atoms with Crippen molar-refractivity contribution in [2.24, 2.45) is 0 Å². The Hall–Kier alpha value is -2.04. The Bertz CT molecular complexity index is 472. The fourth-order valence-electron chi connectivity index (χ4n) is 1.90. The molecule has 18 heavy (non-hydrogen) atoms. The molecule has 0 atom stereocenters. The van der Waals surface area contributed by atoms with Gasteiger partial charge < -0.3 is 25.3 Å². The molecule has 5 heteroatoms. The molecule has 0 radical (unpaired) electrons. The average molecular weight is 250 g/mol. The van der Waals surface area contributed by atoms with Crippen LogP contribution in [0, 0.1) is 0 Å². The smallest absolute Gasteiger partial charge is 0.204 e. The van der Waals surface area contributed by atoms with Crippen molar-refractivity contribution >= 4 is 11.4 Å². The molecular weight excluding hydrogens is 232 g/mol. The predicted octanol–water partition coefficient (Wildman–Crippen LogP) is 1.63. The molecule has 2 rings (SSSR count). The summed E-state index contributed by atoms with van der Waals surface area (Å²) in [7, 11) is 1.79. The quantitative estimate of drug-likeness (QED) is 0.795. The Morgan fingerprint density at radius 3 is 2.72 bits per heavy atom. The highest BCUT2D eigenvalue weighted by Crippen LogP contribution is 2.46. The van der Waals surface area contributed by atoms with Gasteiger partial charge in [-0.3, -0.25) is 0 Å². The summed E-state index contributed by atoms with van der Waals surface area (Å²) in [6, 6.07) is 1.74. The second-order valence-corrected chi connectivity index (χ2v) is 3.86. The van der Waals surface area contributed by atoms with Gasteiger partial charge in [-0.1, -0.05) is 6.58 Å².